The van der Waals surface area contributed by atoms with Crippen molar-refractivity contribution in [3.05, 3.63) is 70.7 Å². The van der Waals surface area contributed by atoms with Crippen LogP contribution >= 0.6 is 0 Å². The van der Waals surface area contributed by atoms with E-state index in [1.54, 1.807) is 24.3 Å². The van der Waals surface area contributed by atoms with Crippen LogP contribution in [0.4, 0.5) is 0 Å². The van der Waals surface area contributed by atoms with Crippen molar-refractivity contribution < 1.29 is 18.7 Å². The molecule has 0 atom stereocenters. The number of rotatable bonds is 7. The Morgan fingerprint density at radius 2 is 1.92 bits per heavy atom. The Bertz CT molecular complexity index is 930. The van der Waals surface area contributed by atoms with Gasteiger partial charge in [-0.2, -0.15) is 4.68 Å². The number of aryl methyl sites for hydroxylation is 1. The van der Waals surface area contributed by atoms with Gasteiger partial charge in [-0.1, -0.05) is 30.3 Å². The summed E-state index contributed by atoms with van der Waals surface area (Å²) in [7, 11) is 0. The number of esters is 1. The summed E-state index contributed by atoms with van der Waals surface area (Å²) in [6.45, 7) is 1.94. The highest BCUT2D eigenvalue weighted by molar-refractivity contribution is 5.69. The number of ether oxygens (including phenoxy) is 2. The molecule has 0 aliphatic carbocycles. The van der Waals surface area contributed by atoms with Gasteiger partial charge >= 0.3 is 11.7 Å². The predicted molar refractivity (Wildman–Crippen MR) is 93.8 cm³/mol. The monoisotopic (exact) mass is 354 g/mol. The lowest BCUT2D eigenvalue weighted by Crippen LogP contribution is -2.24. The molecule has 7 nitrogen and oxygen atoms in total. The fourth-order valence-corrected chi connectivity index (χ4v) is 2.29. The van der Waals surface area contributed by atoms with E-state index in [0.29, 0.717) is 11.3 Å². The average molecular weight is 354 g/mol. The zero-order valence-corrected chi connectivity index (χ0v) is 14.3. The maximum Gasteiger partial charge on any atom is 0.437 e. The summed E-state index contributed by atoms with van der Waals surface area (Å²) in [5, 5.41) is 4.01. The second-order valence-corrected chi connectivity index (χ2v) is 5.58. The summed E-state index contributed by atoms with van der Waals surface area (Å²) in [5.74, 6) is -0.433. The molecular formula is C19H18N2O5. The second-order valence-electron chi connectivity index (χ2n) is 5.58. The van der Waals surface area contributed by atoms with E-state index < -0.39 is 11.7 Å². The van der Waals surface area contributed by atoms with Crippen molar-refractivity contribution in [1.29, 1.82) is 0 Å². The topological polar surface area (TPSA) is 83.6 Å². The fourth-order valence-electron chi connectivity index (χ4n) is 2.29. The van der Waals surface area contributed by atoms with E-state index >= 15 is 0 Å². The Kier molecular flexibility index (Phi) is 5.48. The first-order valence-corrected chi connectivity index (χ1v) is 8.10. The van der Waals surface area contributed by atoms with E-state index in [-0.39, 0.29) is 25.6 Å². The molecule has 1 aromatic heterocycles. The summed E-state index contributed by atoms with van der Waals surface area (Å²) in [4.78, 5) is 23.7. The SMILES string of the molecule is Cc1cccc(OCCOC(=O)Cn2nc(-c3ccccc3)oc2=O)c1. The van der Waals surface area contributed by atoms with Gasteiger partial charge in [-0.3, -0.25) is 4.79 Å². The predicted octanol–water partition coefficient (Wildman–Crippen LogP) is 2.43. The number of carbonyl (C=O) groups is 1. The molecule has 0 bridgehead atoms. The Labute approximate surface area is 149 Å². The van der Waals surface area contributed by atoms with Crippen LogP contribution in [0.1, 0.15) is 5.56 Å². The van der Waals surface area contributed by atoms with Crippen molar-refractivity contribution in [2.75, 3.05) is 13.2 Å². The summed E-state index contributed by atoms with van der Waals surface area (Å²) in [6.07, 6.45) is 0. The van der Waals surface area contributed by atoms with Crippen LogP contribution in [0.3, 0.4) is 0 Å². The fraction of sp³-hybridized carbons (Fsp3) is 0.211. The molecule has 2 aromatic carbocycles. The average Bonchev–Trinajstić information content (AvgIpc) is 3.00. The lowest BCUT2D eigenvalue weighted by molar-refractivity contribution is -0.145. The van der Waals surface area contributed by atoms with Gasteiger partial charge in [-0.25, -0.2) is 4.79 Å². The zero-order chi connectivity index (χ0) is 18.4. The van der Waals surface area contributed by atoms with Crippen LogP contribution in [0.15, 0.2) is 63.8 Å². The number of aromatic nitrogens is 2. The summed E-state index contributed by atoms with van der Waals surface area (Å²) in [6, 6.07) is 16.5. The summed E-state index contributed by atoms with van der Waals surface area (Å²) >= 11 is 0. The van der Waals surface area contributed by atoms with E-state index in [1.165, 1.54) is 0 Å². The first-order chi connectivity index (χ1) is 12.6. The number of nitrogens with zero attached hydrogens (tertiary/aromatic N) is 2. The van der Waals surface area contributed by atoms with Gasteiger partial charge in [-0.15, -0.1) is 5.10 Å². The number of benzene rings is 2. The molecule has 3 aromatic rings. The highest BCUT2D eigenvalue weighted by Crippen LogP contribution is 2.14. The molecule has 0 saturated carbocycles. The normalized spacial score (nSPS) is 10.5. The van der Waals surface area contributed by atoms with Gasteiger partial charge in [0.05, 0.1) is 0 Å². The second kappa shape index (κ2) is 8.15. The lowest BCUT2D eigenvalue weighted by atomic mass is 10.2. The molecular weight excluding hydrogens is 336 g/mol. The first-order valence-electron chi connectivity index (χ1n) is 8.10. The van der Waals surface area contributed by atoms with E-state index in [4.69, 9.17) is 13.9 Å². The Morgan fingerprint density at radius 3 is 2.69 bits per heavy atom. The highest BCUT2D eigenvalue weighted by Gasteiger charge is 2.13. The molecule has 3 rings (SSSR count). The number of carbonyl (C=O) groups excluding carboxylic acids is 1. The van der Waals surface area contributed by atoms with E-state index in [2.05, 4.69) is 5.10 Å². The minimum atomic E-state index is -0.711. The molecule has 134 valence electrons. The molecule has 0 saturated heterocycles. The first kappa shape index (κ1) is 17.5. The Balaban J connectivity index is 1.49. The third-order valence-corrected chi connectivity index (χ3v) is 3.51. The smallest absolute Gasteiger partial charge is 0.437 e. The van der Waals surface area contributed by atoms with Crippen molar-refractivity contribution in [2.24, 2.45) is 0 Å². The minimum Gasteiger partial charge on any atom is -0.490 e. The molecule has 1 heterocycles. The minimum absolute atomic E-state index is 0.0743. The van der Waals surface area contributed by atoms with E-state index in [0.717, 1.165) is 10.2 Å². The van der Waals surface area contributed by atoms with Crippen molar-refractivity contribution in [1.82, 2.24) is 9.78 Å². The van der Waals surface area contributed by atoms with Crippen LogP contribution < -0.4 is 10.5 Å². The van der Waals surface area contributed by atoms with Gasteiger partial charge in [-0.05, 0) is 36.8 Å². The van der Waals surface area contributed by atoms with E-state index in [1.807, 2.05) is 37.3 Å². The molecule has 0 aliphatic heterocycles. The molecule has 26 heavy (non-hydrogen) atoms. The number of hydrogen-bond acceptors (Lipinski definition) is 6. The zero-order valence-electron chi connectivity index (χ0n) is 14.3. The van der Waals surface area contributed by atoms with Crippen molar-refractivity contribution in [3.63, 3.8) is 0 Å². The quantitative estimate of drug-likeness (QED) is 0.479. The van der Waals surface area contributed by atoms with Crippen LogP contribution in [-0.2, 0) is 16.1 Å². The Hall–Kier alpha value is -3.35. The molecule has 0 amide bonds. The molecule has 0 radical (unpaired) electrons. The van der Waals surface area contributed by atoms with Gasteiger partial charge in [0.25, 0.3) is 0 Å². The van der Waals surface area contributed by atoms with Gasteiger partial charge in [0.15, 0.2) is 0 Å². The van der Waals surface area contributed by atoms with E-state index in [9.17, 15) is 9.59 Å². The standard InChI is InChI=1S/C19H18N2O5/c1-14-6-5-9-16(12-14)24-10-11-25-17(22)13-21-19(23)26-18(20-21)15-7-3-2-4-8-15/h2-9,12H,10-11,13H2,1H3. The maximum atomic E-state index is 11.9. The molecule has 7 heteroatoms. The third kappa shape index (κ3) is 4.60. The lowest BCUT2D eigenvalue weighted by Gasteiger charge is -2.07. The van der Waals surface area contributed by atoms with Crippen LogP contribution in [0, 0.1) is 6.92 Å². The van der Waals surface area contributed by atoms with Gasteiger partial charge < -0.3 is 13.9 Å². The van der Waals surface area contributed by atoms with Gasteiger partial charge in [0, 0.05) is 5.56 Å². The van der Waals surface area contributed by atoms with Crippen molar-refractivity contribution in [3.8, 4) is 17.2 Å². The summed E-state index contributed by atoms with van der Waals surface area (Å²) < 4.78 is 16.6. The van der Waals surface area contributed by atoms with Crippen molar-refractivity contribution in [2.45, 2.75) is 13.5 Å². The van der Waals surface area contributed by atoms with Gasteiger partial charge in [0.1, 0.15) is 25.5 Å². The highest BCUT2D eigenvalue weighted by atomic mass is 16.6. The maximum absolute atomic E-state index is 11.9. The molecule has 0 spiro atoms. The van der Waals surface area contributed by atoms with Crippen LogP contribution in [0.2, 0.25) is 0 Å². The molecule has 0 N–H and O–H groups in total. The van der Waals surface area contributed by atoms with Gasteiger partial charge in [0.2, 0.25) is 5.89 Å². The largest absolute Gasteiger partial charge is 0.490 e. The number of hydrogen-bond donors (Lipinski definition) is 0. The van der Waals surface area contributed by atoms with Crippen molar-refractivity contribution >= 4 is 5.97 Å². The van der Waals surface area contributed by atoms with Crippen LogP contribution in [0.25, 0.3) is 11.5 Å². The summed E-state index contributed by atoms with van der Waals surface area (Å²) in [5.41, 5.74) is 1.74. The molecule has 0 aliphatic rings. The third-order valence-electron chi connectivity index (χ3n) is 3.51. The Morgan fingerprint density at radius 1 is 1.12 bits per heavy atom. The van der Waals surface area contributed by atoms with Crippen LogP contribution in [0.5, 0.6) is 5.75 Å². The van der Waals surface area contributed by atoms with Crippen LogP contribution in [-0.4, -0.2) is 29.0 Å². The molecule has 0 fully saturated rings. The molecule has 0 unspecified atom stereocenters.